The number of hydrogen-bond donors (Lipinski definition) is 0. The molecule has 2 aromatic carbocycles. The Morgan fingerprint density at radius 3 is 2.05 bits per heavy atom. The van der Waals surface area contributed by atoms with Crippen LogP contribution in [0.2, 0.25) is 0 Å². The lowest BCUT2D eigenvalue weighted by Gasteiger charge is -2.39. The summed E-state index contributed by atoms with van der Waals surface area (Å²) in [5.41, 5.74) is 3.20. The summed E-state index contributed by atoms with van der Waals surface area (Å²) in [6.07, 6.45) is -3.22. The van der Waals surface area contributed by atoms with Gasteiger partial charge in [0.05, 0.1) is 17.7 Å². The zero-order valence-corrected chi connectivity index (χ0v) is 24.1. The predicted molar refractivity (Wildman–Crippen MR) is 158 cm³/mol. The van der Waals surface area contributed by atoms with E-state index < -0.39 is 24.3 Å². The Kier molecular flexibility index (Phi) is 9.38. The molecule has 0 radical (unpaired) electrons. The summed E-state index contributed by atoms with van der Waals surface area (Å²) in [6.45, 7) is 1.42. The van der Waals surface area contributed by atoms with E-state index in [-0.39, 0.29) is 12.6 Å². The second-order valence-corrected chi connectivity index (χ2v) is 10.8. The van der Waals surface area contributed by atoms with E-state index in [1.54, 1.807) is 24.7 Å². The maximum absolute atomic E-state index is 13.1. The number of aromatic nitrogens is 3. The lowest BCUT2D eigenvalue weighted by atomic mass is 10.0. The SMILES string of the molecule is CN(c1ccncc1)c1ccc(CN(c2nccc(-c3ccc(C(F)(F)F)cc3)n2)C2CCN(CCC(F)(F)F)CC2)cc1. The molecule has 0 spiro atoms. The molecule has 0 aliphatic carbocycles. The Morgan fingerprint density at radius 1 is 0.795 bits per heavy atom. The molecule has 0 saturated carbocycles. The summed E-state index contributed by atoms with van der Waals surface area (Å²) in [4.78, 5) is 19.2. The van der Waals surface area contributed by atoms with E-state index in [0.717, 1.165) is 29.1 Å². The molecule has 0 bridgehead atoms. The van der Waals surface area contributed by atoms with Gasteiger partial charge in [0.15, 0.2) is 0 Å². The van der Waals surface area contributed by atoms with E-state index >= 15 is 0 Å². The Hall–Kier alpha value is -4.19. The first-order valence-corrected chi connectivity index (χ1v) is 14.3. The van der Waals surface area contributed by atoms with Crippen molar-refractivity contribution in [3.63, 3.8) is 0 Å². The number of halogens is 6. The summed E-state index contributed by atoms with van der Waals surface area (Å²) in [7, 11) is 1.96. The number of anilines is 3. The van der Waals surface area contributed by atoms with Crippen LogP contribution in [-0.4, -0.2) is 58.8 Å². The van der Waals surface area contributed by atoms with Gasteiger partial charge in [0.2, 0.25) is 5.95 Å². The van der Waals surface area contributed by atoms with Gasteiger partial charge in [-0.1, -0.05) is 24.3 Å². The number of piperidine rings is 1. The molecule has 1 saturated heterocycles. The van der Waals surface area contributed by atoms with Crippen molar-refractivity contribution in [2.75, 3.05) is 36.5 Å². The van der Waals surface area contributed by atoms with Crippen LogP contribution in [0.1, 0.15) is 30.4 Å². The first kappa shape index (κ1) is 31.2. The number of nitrogens with zero attached hydrogens (tertiary/aromatic N) is 6. The molecule has 44 heavy (non-hydrogen) atoms. The average Bonchev–Trinajstić information content (AvgIpc) is 3.03. The fourth-order valence-electron chi connectivity index (χ4n) is 5.32. The molecule has 5 rings (SSSR count). The van der Waals surface area contributed by atoms with E-state index in [4.69, 9.17) is 4.98 Å². The number of pyridine rings is 1. The molecule has 4 aromatic rings. The molecule has 0 unspecified atom stereocenters. The Bertz CT molecular complexity index is 1490. The van der Waals surface area contributed by atoms with Gasteiger partial charge in [0.25, 0.3) is 0 Å². The zero-order valence-electron chi connectivity index (χ0n) is 24.1. The van der Waals surface area contributed by atoms with Gasteiger partial charge in [0, 0.05) is 74.8 Å². The largest absolute Gasteiger partial charge is 0.416 e. The van der Waals surface area contributed by atoms with Gasteiger partial charge >= 0.3 is 12.4 Å². The normalized spacial score (nSPS) is 14.9. The monoisotopic (exact) mass is 614 g/mol. The summed E-state index contributed by atoms with van der Waals surface area (Å²) < 4.78 is 77.7. The first-order chi connectivity index (χ1) is 21.0. The fraction of sp³-hybridized carbons (Fsp3) is 0.344. The van der Waals surface area contributed by atoms with Crippen molar-refractivity contribution in [3.05, 3.63) is 96.4 Å². The highest BCUT2D eigenvalue weighted by molar-refractivity contribution is 5.63. The van der Waals surface area contributed by atoms with E-state index in [1.807, 2.05) is 53.2 Å². The van der Waals surface area contributed by atoms with Crippen molar-refractivity contribution in [2.45, 2.75) is 44.2 Å². The van der Waals surface area contributed by atoms with Gasteiger partial charge in [-0.2, -0.15) is 26.3 Å². The molecule has 0 N–H and O–H groups in total. The minimum atomic E-state index is -4.44. The van der Waals surface area contributed by atoms with Crippen molar-refractivity contribution in [3.8, 4) is 11.3 Å². The highest BCUT2D eigenvalue weighted by Gasteiger charge is 2.32. The van der Waals surface area contributed by atoms with Gasteiger partial charge in [-0.3, -0.25) is 4.98 Å². The van der Waals surface area contributed by atoms with Crippen LogP contribution in [0.25, 0.3) is 11.3 Å². The number of benzene rings is 2. The molecular formula is C32H32F6N6. The molecule has 3 heterocycles. The van der Waals surface area contributed by atoms with Crippen LogP contribution in [0.3, 0.4) is 0 Å². The Balaban J connectivity index is 1.38. The second-order valence-electron chi connectivity index (χ2n) is 10.8. The van der Waals surface area contributed by atoms with Crippen molar-refractivity contribution in [1.82, 2.24) is 19.9 Å². The van der Waals surface area contributed by atoms with Crippen LogP contribution in [0.4, 0.5) is 43.7 Å². The average molecular weight is 615 g/mol. The minimum Gasteiger partial charge on any atom is -0.345 e. The van der Waals surface area contributed by atoms with Crippen molar-refractivity contribution in [1.29, 1.82) is 0 Å². The van der Waals surface area contributed by atoms with E-state index in [0.29, 0.717) is 49.7 Å². The van der Waals surface area contributed by atoms with Crippen LogP contribution in [0.5, 0.6) is 0 Å². The number of likely N-dealkylation sites (tertiary alicyclic amines) is 1. The topological polar surface area (TPSA) is 48.4 Å². The smallest absolute Gasteiger partial charge is 0.345 e. The molecule has 1 aliphatic rings. The third-order valence-electron chi connectivity index (χ3n) is 7.84. The number of rotatable bonds is 9. The second kappa shape index (κ2) is 13.2. The lowest BCUT2D eigenvalue weighted by molar-refractivity contribution is -0.139. The summed E-state index contributed by atoms with van der Waals surface area (Å²) in [5, 5.41) is 0. The molecule has 1 aliphatic heterocycles. The molecule has 0 atom stereocenters. The highest BCUT2D eigenvalue weighted by atomic mass is 19.4. The van der Waals surface area contributed by atoms with E-state index in [1.165, 1.54) is 12.1 Å². The zero-order chi connectivity index (χ0) is 31.3. The minimum absolute atomic E-state index is 0.0391. The van der Waals surface area contributed by atoms with Crippen LogP contribution in [0, 0.1) is 0 Å². The Morgan fingerprint density at radius 2 is 1.43 bits per heavy atom. The summed E-state index contributed by atoms with van der Waals surface area (Å²) in [6, 6.07) is 18.3. The van der Waals surface area contributed by atoms with Gasteiger partial charge in [0.1, 0.15) is 0 Å². The standard InChI is InChI=1S/C32H32F6N6/c1-42(27-10-16-39-17-11-27)26-8-2-23(3-9-26)22-44(28-13-19-43(20-14-28)21-15-31(33,34)35)30-40-18-12-29(41-30)24-4-6-25(7-5-24)32(36,37)38/h2-12,16-18,28H,13-15,19-22H2,1H3. The molecule has 6 nitrogen and oxygen atoms in total. The van der Waals surface area contributed by atoms with Crippen LogP contribution >= 0.6 is 0 Å². The molecule has 232 valence electrons. The van der Waals surface area contributed by atoms with Crippen LogP contribution in [-0.2, 0) is 12.7 Å². The molecule has 1 fully saturated rings. The van der Waals surface area contributed by atoms with Crippen molar-refractivity contribution >= 4 is 17.3 Å². The van der Waals surface area contributed by atoms with E-state index in [9.17, 15) is 26.3 Å². The van der Waals surface area contributed by atoms with Gasteiger partial charge in [-0.25, -0.2) is 9.97 Å². The molecule has 2 aromatic heterocycles. The predicted octanol–water partition coefficient (Wildman–Crippen LogP) is 7.75. The third kappa shape index (κ3) is 8.04. The van der Waals surface area contributed by atoms with Crippen molar-refractivity contribution in [2.24, 2.45) is 0 Å². The molecule has 0 amide bonds. The maximum atomic E-state index is 13.1. The van der Waals surface area contributed by atoms with E-state index in [2.05, 4.69) is 14.9 Å². The number of hydrogen-bond acceptors (Lipinski definition) is 6. The first-order valence-electron chi connectivity index (χ1n) is 14.3. The fourth-order valence-corrected chi connectivity index (χ4v) is 5.32. The summed E-state index contributed by atoms with van der Waals surface area (Å²) >= 11 is 0. The van der Waals surface area contributed by atoms with Crippen LogP contribution in [0.15, 0.2) is 85.3 Å². The van der Waals surface area contributed by atoms with Gasteiger partial charge < -0.3 is 14.7 Å². The third-order valence-corrected chi connectivity index (χ3v) is 7.84. The van der Waals surface area contributed by atoms with Crippen molar-refractivity contribution < 1.29 is 26.3 Å². The Labute approximate surface area is 252 Å². The molecule has 12 heteroatoms. The lowest BCUT2D eigenvalue weighted by Crippen LogP contribution is -2.46. The maximum Gasteiger partial charge on any atom is 0.416 e. The highest BCUT2D eigenvalue weighted by Crippen LogP contribution is 2.32. The van der Waals surface area contributed by atoms with Gasteiger partial charge in [-0.05, 0) is 60.9 Å². The van der Waals surface area contributed by atoms with Gasteiger partial charge in [-0.15, -0.1) is 0 Å². The number of alkyl halides is 6. The summed E-state index contributed by atoms with van der Waals surface area (Å²) in [5.74, 6) is 0.411. The molecular weight excluding hydrogens is 582 g/mol. The quantitative estimate of drug-likeness (QED) is 0.180. The van der Waals surface area contributed by atoms with Crippen LogP contribution < -0.4 is 9.80 Å².